The van der Waals surface area contributed by atoms with Crippen LogP contribution in [0, 0.1) is 0 Å². The molecule has 0 bridgehead atoms. The third-order valence-electron chi connectivity index (χ3n) is 2.53. The average molecular weight is 314 g/mol. The van der Waals surface area contributed by atoms with Gasteiger partial charge in [0.25, 0.3) is 10.1 Å². The Kier molecular flexibility index (Phi) is 5.62. The number of para-hydroxylation sites is 1. The number of carbonyl (C=O) groups excluding carboxylic acids is 1. The van der Waals surface area contributed by atoms with Gasteiger partial charge in [0, 0.05) is 0 Å². The van der Waals surface area contributed by atoms with E-state index in [1.54, 1.807) is 24.3 Å². The third-order valence-corrected chi connectivity index (χ3v) is 3.61. The van der Waals surface area contributed by atoms with Crippen molar-refractivity contribution in [2.24, 2.45) is 0 Å². The van der Waals surface area contributed by atoms with Gasteiger partial charge in [0.05, 0.1) is 6.42 Å². The van der Waals surface area contributed by atoms with Crippen molar-refractivity contribution in [3.8, 4) is 5.75 Å². The summed E-state index contributed by atoms with van der Waals surface area (Å²) in [5, 5.41) is 6.43. The summed E-state index contributed by atoms with van der Waals surface area (Å²) in [5.74, 6) is -2.81. The van der Waals surface area contributed by atoms with Crippen LogP contribution in [0.2, 0.25) is 0 Å². The average Bonchev–Trinajstić information content (AvgIpc) is 2.37. The van der Waals surface area contributed by atoms with Crippen LogP contribution in [0.3, 0.4) is 0 Å². The SMILES string of the molecule is C=CCc1ccccc1OC(=O)C(CC(=O)O)S(=O)(=O)O. The maximum absolute atomic E-state index is 11.8. The summed E-state index contributed by atoms with van der Waals surface area (Å²) < 4.78 is 36.0. The summed E-state index contributed by atoms with van der Waals surface area (Å²) in [5.41, 5.74) is 0.574. The van der Waals surface area contributed by atoms with E-state index in [0.717, 1.165) is 0 Å². The molecule has 0 heterocycles. The van der Waals surface area contributed by atoms with Gasteiger partial charge in [-0.3, -0.25) is 14.1 Å². The molecule has 0 aromatic heterocycles. The van der Waals surface area contributed by atoms with Crippen LogP contribution in [0.4, 0.5) is 0 Å². The van der Waals surface area contributed by atoms with E-state index in [0.29, 0.717) is 12.0 Å². The molecule has 114 valence electrons. The Balaban J connectivity index is 3.02. The first-order valence-corrected chi connectivity index (χ1v) is 7.34. The minimum Gasteiger partial charge on any atom is -0.481 e. The molecule has 0 radical (unpaired) electrons. The van der Waals surface area contributed by atoms with Crippen LogP contribution in [0.5, 0.6) is 5.75 Å². The van der Waals surface area contributed by atoms with Gasteiger partial charge in [-0.25, -0.2) is 0 Å². The fraction of sp³-hybridized carbons (Fsp3) is 0.231. The van der Waals surface area contributed by atoms with Crippen LogP contribution < -0.4 is 4.74 Å². The van der Waals surface area contributed by atoms with Gasteiger partial charge in [-0.1, -0.05) is 24.3 Å². The number of hydrogen-bond acceptors (Lipinski definition) is 5. The largest absolute Gasteiger partial charge is 0.481 e. The number of carboxylic acids is 1. The van der Waals surface area contributed by atoms with Gasteiger partial charge < -0.3 is 9.84 Å². The van der Waals surface area contributed by atoms with E-state index in [2.05, 4.69) is 6.58 Å². The zero-order valence-corrected chi connectivity index (χ0v) is 11.7. The number of rotatable bonds is 7. The molecule has 1 rings (SSSR count). The van der Waals surface area contributed by atoms with Crippen LogP contribution in [0.1, 0.15) is 12.0 Å². The Morgan fingerprint density at radius 3 is 2.48 bits per heavy atom. The van der Waals surface area contributed by atoms with E-state index < -0.39 is 33.7 Å². The first kappa shape index (κ1) is 16.9. The molecule has 1 aromatic carbocycles. The third kappa shape index (κ3) is 5.01. The number of hydrogen-bond donors (Lipinski definition) is 2. The van der Waals surface area contributed by atoms with Crippen molar-refractivity contribution in [3.05, 3.63) is 42.5 Å². The van der Waals surface area contributed by atoms with Gasteiger partial charge in [0.15, 0.2) is 5.25 Å². The van der Waals surface area contributed by atoms with Crippen LogP contribution >= 0.6 is 0 Å². The van der Waals surface area contributed by atoms with Gasteiger partial charge in [-0.2, -0.15) is 8.42 Å². The summed E-state index contributed by atoms with van der Waals surface area (Å²) in [6.45, 7) is 3.54. The van der Waals surface area contributed by atoms with Gasteiger partial charge in [-0.05, 0) is 18.1 Å². The van der Waals surface area contributed by atoms with E-state index in [1.807, 2.05) is 0 Å². The summed E-state index contributed by atoms with van der Waals surface area (Å²) in [6.07, 6.45) is 0.852. The molecule has 8 heteroatoms. The maximum atomic E-state index is 11.8. The maximum Gasteiger partial charge on any atom is 0.332 e. The minimum absolute atomic E-state index is 0.0847. The number of carboxylic acid groups (broad SMARTS) is 1. The van der Waals surface area contributed by atoms with Crippen molar-refractivity contribution >= 4 is 22.1 Å². The number of ether oxygens (including phenoxy) is 1. The molecule has 0 amide bonds. The quantitative estimate of drug-likeness (QED) is 0.334. The molecule has 1 aromatic rings. The molecule has 1 atom stereocenters. The first-order valence-electron chi connectivity index (χ1n) is 5.84. The lowest BCUT2D eigenvalue weighted by atomic mass is 10.1. The number of aliphatic carboxylic acids is 1. The lowest BCUT2D eigenvalue weighted by Crippen LogP contribution is -2.35. The summed E-state index contributed by atoms with van der Waals surface area (Å²) in [4.78, 5) is 22.4. The molecule has 0 aliphatic rings. The number of esters is 1. The highest BCUT2D eigenvalue weighted by Crippen LogP contribution is 2.20. The molecule has 0 aliphatic carbocycles. The van der Waals surface area contributed by atoms with E-state index in [1.165, 1.54) is 6.07 Å². The van der Waals surface area contributed by atoms with Crippen molar-refractivity contribution < 1.29 is 32.4 Å². The molecular weight excluding hydrogens is 300 g/mol. The zero-order valence-electron chi connectivity index (χ0n) is 10.9. The highest BCUT2D eigenvalue weighted by molar-refractivity contribution is 7.87. The first-order chi connectivity index (χ1) is 9.75. The molecule has 0 aliphatic heterocycles. The van der Waals surface area contributed by atoms with Crippen molar-refractivity contribution in [2.45, 2.75) is 18.1 Å². The minimum atomic E-state index is -4.88. The molecule has 21 heavy (non-hydrogen) atoms. The number of carbonyl (C=O) groups is 2. The highest BCUT2D eigenvalue weighted by Gasteiger charge is 2.35. The molecule has 0 saturated carbocycles. The van der Waals surface area contributed by atoms with Crippen LogP contribution in [-0.2, 0) is 26.1 Å². The molecule has 7 nitrogen and oxygen atoms in total. The van der Waals surface area contributed by atoms with Crippen molar-refractivity contribution in [1.29, 1.82) is 0 Å². The van der Waals surface area contributed by atoms with Gasteiger partial charge >= 0.3 is 11.9 Å². The normalized spacial score (nSPS) is 12.4. The molecule has 1 unspecified atom stereocenters. The standard InChI is InChI=1S/C13H14O7S/c1-2-5-9-6-3-4-7-10(9)20-13(16)11(8-12(14)15)21(17,18)19/h2-4,6-7,11H,1,5,8H2,(H,14,15)(H,17,18,19). The highest BCUT2D eigenvalue weighted by atomic mass is 32.2. The zero-order chi connectivity index (χ0) is 16.0. The lowest BCUT2D eigenvalue weighted by molar-refractivity contribution is -0.142. The molecule has 2 N–H and O–H groups in total. The van der Waals surface area contributed by atoms with Crippen molar-refractivity contribution in [2.75, 3.05) is 0 Å². The summed E-state index contributed by atoms with van der Waals surface area (Å²) in [6, 6.07) is 6.32. The molecular formula is C13H14O7S. The Bertz CT molecular complexity index is 648. The van der Waals surface area contributed by atoms with Gasteiger partial charge in [0.1, 0.15) is 5.75 Å². The van der Waals surface area contributed by atoms with Crippen molar-refractivity contribution in [3.63, 3.8) is 0 Å². The van der Waals surface area contributed by atoms with Crippen LogP contribution in [0.25, 0.3) is 0 Å². The lowest BCUT2D eigenvalue weighted by Gasteiger charge is -2.13. The Hall–Kier alpha value is -2.19. The van der Waals surface area contributed by atoms with E-state index in [-0.39, 0.29) is 5.75 Å². The predicted octanol–water partition coefficient (Wildman–Crippen LogP) is 1.05. The van der Waals surface area contributed by atoms with Crippen LogP contribution in [0.15, 0.2) is 36.9 Å². The number of allylic oxidation sites excluding steroid dienone is 1. The smallest absolute Gasteiger partial charge is 0.332 e. The van der Waals surface area contributed by atoms with E-state index >= 15 is 0 Å². The molecule has 0 spiro atoms. The predicted molar refractivity (Wildman–Crippen MR) is 73.6 cm³/mol. The summed E-state index contributed by atoms with van der Waals surface area (Å²) in [7, 11) is -4.88. The fourth-order valence-corrected chi connectivity index (χ4v) is 2.21. The van der Waals surface area contributed by atoms with Gasteiger partial charge in [-0.15, -0.1) is 6.58 Å². The second-order valence-corrected chi connectivity index (χ2v) is 5.72. The molecule has 0 fully saturated rings. The Morgan fingerprint density at radius 1 is 1.33 bits per heavy atom. The molecule has 0 saturated heterocycles. The van der Waals surface area contributed by atoms with Crippen molar-refractivity contribution in [1.82, 2.24) is 0 Å². The monoisotopic (exact) mass is 314 g/mol. The van der Waals surface area contributed by atoms with E-state index in [9.17, 15) is 18.0 Å². The van der Waals surface area contributed by atoms with Crippen LogP contribution in [-0.4, -0.2) is 35.3 Å². The van der Waals surface area contributed by atoms with Gasteiger partial charge in [0.2, 0.25) is 0 Å². The fourth-order valence-electron chi connectivity index (χ4n) is 1.57. The van der Waals surface area contributed by atoms with E-state index in [4.69, 9.17) is 14.4 Å². The topological polar surface area (TPSA) is 118 Å². The Labute approximate surface area is 121 Å². The second kappa shape index (κ2) is 7.00. The summed E-state index contributed by atoms with van der Waals surface area (Å²) >= 11 is 0. The second-order valence-electron chi connectivity index (χ2n) is 4.12. The Morgan fingerprint density at radius 2 is 1.95 bits per heavy atom. The number of benzene rings is 1.